The molecule has 0 aromatic carbocycles. The molecule has 0 aromatic rings. The van der Waals surface area contributed by atoms with Crippen LogP contribution in [0.25, 0.3) is 0 Å². The highest BCUT2D eigenvalue weighted by molar-refractivity contribution is 5.76. The molecule has 0 rings (SSSR count). The Morgan fingerprint density at radius 3 is 1.77 bits per heavy atom. The molecule has 0 bridgehead atoms. The number of ether oxygens (including phenoxy) is 1. The summed E-state index contributed by atoms with van der Waals surface area (Å²) in [6.07, 6.45) is 9.48. The largest absolute Gasteiger partial charge is 0.464 e. The van der Waals surface area contributed by atoms with Gasteiger partial charge in [-0.2, -0.15) is 0 Å². The third-order valence-electron chi connectivity index (χ3n) is 5.31. The summed E-state index contributed by atoms with van der Waals surface area (Å²) in [5, 5.41) is 0. The third-order valence-corrected chi connectivity index (χ3v) is 5.31. The predicted octanol–water partition coefficient (Wildman–Crippen LogP) is 6.70. The maximum absolute atomic E-state index is 12.6. The zero-order valence-electron chi connectivity index (χ0n) is 19.3. The van der Waals surface area contributed by atoms with Crippen LogP contribution in [0.4, 0.5) is 0 Å². The number of hydrogen-bond donors (Lipinski definition) is 0. The van der Waals surface area contributed by atoms with Crippen LogP contribution in [0.2, 0.25) is 0 Å². The fourth-order valence-electron chi connectivity index (χ4n) is 3.08. The number of carbonyl (C=O) groups excluding carboxylic acids is 1. The van der Waals surface area contributed by atoms with E-state index in [9.17, 15) is 4.79 Å². The van der Waals surface area contributed by atoms with Gasteiger partial charge in [0, 0.05) is 6.54 Å². The van der Waals surface area contributed by atoms with Gasteiger partial charge in [0.15, 0.2) is 0 Å². The normalized spacial score (nSPS) is 13.3. The molecule has 0 radical (unpaired) electrons. The second-order valence-electron chi connectivity index (χ2n) is 7.71. The first-order valence-electron chi connectivity index (χ1n) is 11.3. The Bertz CT molecular complexity index is 307. The summed E-state index contributed by atoms with van der Waals surface area (Å²) in [5.74, 6) is 0.302. The van der Waals surface area contributed by atoms with Gasteiger partial charge in [0.2, 0.25) is 0 Å². The summed E-state index contributed by atoms with van der Waals surface area (Å²) in [7, 11) is 0. The van der Waals surface area contributed by atoms with Crippen LogP contribution in [0.1, 0.15) is 107 Å². The quantitative estimate of drug-likeness (QED) is 0.237. The Morgan fingerprint density at radius 2 is 1.38 bits per heavy atom. The second-order valence-corrected chi connectivity index (χ2v) is 7.71. The molecule has 0 N–H and O–H groups in total. The standard InChI is InChI=1S/C21H43NO2.C2H6/c1-7-10-12-15-22(16-13-11-8-2)17-18-24-20(23)21(6,14-9-3)19(4)5;1-2/h19H,7-18H2,1-6H3;1-2H3. The van der Waals surface area contributed by atoms with Crippen molar-refractivity contribution in [1.82, 2.24) is 4.90 Å². The summed E-state index contributed by atoms with van der Waals surface area (Å²) in [5.41, 5.74) is -0.343. The summed E-state index contributed by atoms with van der Waals surface area (Å²) in [4.78, 5) is 15.0. The van der Waals surface area contributed by atoms with Gasteiger partial charge in [0.25, 0.3) is 0 Å². The van der Waals surface area contributed by atoms with Crippen LogP contribution in [0.3, 0.4) is 0 Å². The van der Waals surface area contributed by atoms with E-state index in [1.54, 1.807) is 0 Å². The zero-order chi connectivity index (χ0) is 20.4. The van der Waals surface area contributed by atoms with Crippen LogP contribution >= 0.6 is 0 Å². The molecule has 3 nitrogen and oxygen atoms in total. The van der Waals surface area contributed by atoms with Crippen molar-refractivity contribution >= 4 is 5.97 Å². The molecule has 0 amide bonds. The average molecular weight is 372 g/mol. The number of rotatable bonds is 15. The Balaban J connectivity index is 0. The lowest BCUT2D eigenvalue weighted by Crippen LogP contribution is -2.37. The van der Waals surface area contributed by atoms with Gasteiger partial charge < -0.3 is 4.74 Å². The highest BCUT2D eigenvalue weighted by Gasteiger charge is 2.37. The van der Waals surface area contributed by atoms with E-state index < -0.39 is 0 Å². The van der Waals surface area contributed by atoms with Crippen LogP contribution in [0.15, 0.2) is 0 Å². The number of esters is 1. The topological polar surface area (TPSA) is 29.5 Å². The molecule has 0 aromatic heterocycles. The fourth-order valence-corrected chi connectivity index (χ4v) is 3.08. The summed E-state index contributed by atoms with van der Waals surface area (Å²) < 4.78 is 5.68. The summed E-state index contributed by atoms with van der Waals surface area (Å²) >= 11 is 0. The molecule has 0 heterocycles. The molecular formula is C23H49NO2. The van der Waals surface area contributed by atoms with Crippen molar-refractivity contribution in [3.8, 4) is 0 Å². The molecule has 3 heteroatoms. The van der Waals surface area contributed by atoms with Crippen molar-refractivity contribution in [2.45, 2.75) is 107 Å². The van der Waals surface area contributed by atoms with Crippen molar-refractivity contribution in [3.05, 3.63) is 0 Å². The first kappa shape index (κ1) is 27.6. The van der Waals surface area contributed by atoms with Crippen molar-refractivity contribution in [2.24, 2.45) is 11.3 Å². The van der Waals surface area contributed by atoms with E-state index in [0.717, 1.165) is 32.5 Å². The monoisotopic (exact) mass is 371 g/mol. The molecule has 0 fully saturated rings. The Morgan fingerprint density at radius 1 is 0.885 bits per heavy atom. The van der Waals surface area contributed by atoms with Crippen LogP contribution in [-0.2, 0) is 9.53 Å². The summed E-state index contributed by atoms with van der Waals surface area (Å²) in [6.45, 7) is 20.6. The molecule has 26 heavy (non-hydrogen) atoms. The van der Waals surface area contributed by atoms with E-state index in [1.807, 2.05) is 13.8 Å². The second kappa shape index (κ2) is 17.8. The highest BCUT2D eigenvalue weighted by atomic mass is 16.5. The van der Waals surface area contributed by atoms with E-state index in [4.69, 9.17) is 4.74 Å². The smallest absolute Gasteiger partial charge is 0.312 e. The third kappa shape index (κ3) is 11.9. The number of unbranched alkanes of at least 4 members (excludes halogenated alkanes) is 4. The first-order chi connectivity index (χ1) is 12.4. The Hall–Kier alpha value is -0.570. The lowest BCUT2D eigenvalue weighted by molar-refractivity contribution is -0.158. The summed E-state index contributed by atoms with van der Waals surface area (Å²) in [6, 6.07) is 0. The van der Waals surface area contributed by atoms with Crippen molar-refractivity contribution in [1.29, 1.82) is 0 Å². The van der Waals surface area contributed by atoms with Gasteiger partial charge in [-0.25, -0.2) is 0 Å². The van der Waals surface area contributed by atoms with E-state index in [0.29, 0.717) is 12.5 Å². The van der Waals surface area contributed by atoms with E-state index >= 15 is 0 Å². The molecule has 0 aliphatic heterocycles. The van der Waals surface area contributed by atoms with Gasteiger partial charge in [-0.3, -0.25) is 9.69 Å². The number of nitrogens with zero attached hydrogens (tertiary/aromatic N) is 1. The first-order valence-corrected chi connectivity index (χ1v) is 11.3. The molecular weight excluding hydrogens is 322 g/mol. The van der Waals surface area contributed by atoms with Gasteiger partial charge in [-0.15, -0.1) is 0 Å². The molecule has 0 aliphatic carbocycles. The zero-order valence-corrected chi connectivity index (χ0v) is 19.3. The molecule has 1 atom stereocenters. The number of hydrogen-bond acceptors (Lipinski definition) is 3. The van der Waals surface area contributed by atoms with Gasteiger partial charge in [0.05, 0.1) is 5.41 Å². The van der Waals surface area contributed by atoms with Gasteiger partial charge >= 0.3 is 5.97 Å². The van der Waals surface area contributed by atoms with E-state index in [2.05, 4.69) is 46.4 Å². The minimum absolute atomic E-state index is 0.0126. The molecule has 158 valence electrons. The van der Waals surface area contributed by atoms with Crippen LogP contribution in [-0.4, -0.2) is 37.1 Å². The van der Waals surface area contributed by atoms with E-state index in [-0.39, 0.29) is 11.4 Å². The molecule has 0 aliphatic rings. The maximum Gasteiger partial charge on any atom is 0.312 e. The highest BCUT2D eigenvalue weighted by Crippen LogP contribution is 2.33. The van der Waals surface area contributed by atoms with Crippen molar-refractivity contribution in [2.75, 3.05) is 26.2 Å². The van der Waals surface area contributed by atoms with E-state index in [1.165, 1.54) is 38.5 Å². The molecule has 0 saturated heterocycles. The van der Waals surface area contributed by atoms with Gasteiger partial charge in [-0.05, 0) is 45.2 Å². The predicted molar refractivity (Wildman–Crippen MR) is 116 cm³/mol. The van der Waals surface area contributed by atoms with Gasteiger partial charge in [-0.1, -0.05) is 80.6 Å². The lowest BCUT2D eigenvalue weighted by Gasteiger charge is -2.31. The minimum atomic E-state index is -0.343. The van der Waals surface area contributed by atoms with Crippen LogP contribution in [0, 0.1) is 11.3 Å². The minimum Gasteiger partial charge on any atom is -0.464 e. The lowest BCUT2D eigenvalue weighted by atomic mass is 9.75. The van der Waals surface area contributed by atoms with Crippen LogP contribution in [0.5, 0.6) is 0 Å². The molecule has 0 saturated carbocycles. The average Bonchev–Trinajstić information content (AvgIpc) is 2.63. The van der Waals surface area contributed by atoms with Gasteiger partial charge in [0.1, 0.15) is 6.61 Å². The molecule has 0 spiro atoms. The number of carbonyl (C=O) groups is 1. The fraction of sp³-hybridized carbons (Fsp3) is 0.957. The van der Waals surface area contributed by atoms with Crippen molar-refractivity contribution in [3.63, 3.8) is 0 Å². The van der Waals surface area contributed by atoms with Crippen molar-refractivity contribution < 1.29 is 9.53 Å². The Labute approximate surface area is 165 Å². The maximum atomic E-state index is 12.6. The van der Waals surface area contributed by atoms with Crippen LogP contribution < -0.4 is 0 Å². The SMILES string of the molecule is CC.CCCCCN(CCCCC)CCOC(=O)C(C)(CCC)C(C)C. The molecule has 1 unspecified atom stereocenters. The Kier molecular flexibility index (Phi) is 19.0.